The number of hydrogen-bond acceptors (Lipinski definition) is 3. The van der Waals surface area contributed by atoms with Crippen LogP contribution >= 0.6 is 0 Å². The third-order valence-corrected chi connectivity index (χ3v) is 4.32. The van der Waals surface area contributed by atoms with Gasteiger partial charge in [0.1, 0.15) is 0 Å². The molecular formula is C15H31N3O. The average molecular weight is 269 g/mol. The van der Waals surface area contributed by atoms with E-state index in [2.05, 4.69) is 23.6 Å². The van der Waals surface area contributed by atoms with Gasteiger partial charge in [-0.1, -0.05) is 26.7 Å². The van der Waals surface area contributed by atoms with E-state index in [1.54, 1.807) is 0 Å². The second-order valence-electron chi connectivity index (χ2n) is 5.71. The molecule has 2 N–H and O–H groups in total. The number of hydrogen-bond donors (Lipinski definition) is 1. The van der Waals surface area contributed by atoms with Gasteiger partial charge >= 0.3 is 0 Å². The number of primary amides is 1. The monoisotopic (exact) mass is 269 g/mol. The van der Waals surface area contributed by atoms with Crippen LogP contribution < -0.4 is 5.73 Å². The highest BCUT2D eigenvalue weighted by molar-refractivity contribution is 5.75. The quantitative estimate of drug-likeness (QED) is 0.648. The normalized spacial score (nSPS) is 18.1. The molecule has 0 aromatic heterocycles. The molecular weight excluding hydrogens is 238 g/mol. The number of nitrogens with zero attached hydrogens (tertiary/aromatic N) is 2. The lowest BCUT2D eigenvalue weighted by Gasteiger charge is -2.31. The van der Waals surface area contributed by atoms with Crippen LogP contribution in [-0.4, -0.2) is 55.0 Å². The first-order chi connectivity index (χ1) is 9.15. The van der Waals surface area contributed by atoms with Gasteiger partial charge in [-0.2, -0.15) is 0 Å². The highest BCUT2D eigenvalue weighted by Crippen LogP contribution is 2.22. The summed E-state index contributed by atoms with van der Waals surface area (Å²) in [5, 5.41) is 0. The molecule has 1 fully saturated rings. The second kappa shape index (κ2) is 9.32. The van der Waals surface area contributed by atoms with Crippen molar-refractivity contribution in [3.63, 3.8) is 0 Å². The molecule has 0 unspecified atom stereocenters. The van der Waals surface area contributed by atoms with Crippen molar-refractivity contribution in [3.05, 3.63) is 0 Å². The van der Waals surface area contributed by atoms with Crippen molar-refractivity contribution in [3.8, 4) is 0 Å². The van der Waals surface area contributed by atoms with Gasteiger partial charge in [0.25, 0.3) is 0 Å². The molecule has 0 bridgehead atoms. The van der Waals surface area contributed by atoms with Crippen molar-refractivity contribution in [2.45, 2.75) is 46.0 Å². The van der Waals surface area contributed by atoms with Gasteiger partial charge in [-0.05, 0) is 57.9 Å². The lowest BCUT2D eigenvalue weighted by molar-refractivity contribution is -0.119. The fourth-order valence-electron chi connectivity index (χ4n) is 2.96. The van der Waals surface area contributed by atoms with E-state index in [0.717, 1.165) is 19.0 Å². The predicted molar refractivity (Wildman–Crippen MR) is 80.0 cm³/mol. The van der Waals surface area contributed by atoms with Crippen molar-refractivity contribution in [1.82, 2.24) is 9.80 Å². The van der Waals surface area contributed by atoms with Gasteiger partial charge in [-0.15, -0.1) is 0 Å². The Kier molecular flexibility index (Phi) is 8.07. The Labute approximate surface area is 118 Å². The maximum absolute atomic E-state index is 10.9. The van der Waals surface area contributed by atoms with Gasteiger partial charge in [0.05, 0.1) is 6.54 Å². The van der Waals surface area contributed by atoms with Crippen molar-refractivity contribution in [2.24, 2.45) is 11.7 Å². The molecule has 0 aliphatic carbocycles. The van der Waals surface area contributed by atoms with Gasteiger partial charge in [0.2, 0.25) is 5.91 Å². The molecule has 0 aromatic carbocycles. The molecule has 1 aliphatic heterocycles. The van der Waals surface area contributed by atoms with Crippen LogP contribution in [0.15, 0.2) is 0 Å². The first-order valence-electron chi connectivity index (χ1n) is 7.88. The maximum atomic E-state index is 10.9. The van der Waals surface area contributed by atoms with Gasteiger partial charge in [-0.25, -0.2) is 0 Å². The van der Waals surface area contributed by atoms with Gasteiger partial charge in [-0.3, -0.25) is 9.69 Å². The van der Waals surface area contributed by atoms with Crippen molar-refractivity contribution in [1.29, 1.82) is 0 Å². The number of nitrogens with two attached hydrogens (primary N) is 1. The van der Waals surface area contributed by atoms with E-state index in [-0.39, 0.29) is 5.91 Å². The molecule has 1 amide bonds. The minimum absolute atomic E-state index is 0.197. The highest BCUT2D eigenvalue weighted by Gasteiger charge is 2.19. The Hall–Kier alpha value is -0.610. The van der Waals surface area contributed by atoms with Crippen molar-refractivity contribution < 1.29 is 4.79 Å². The van der Waals surface area contributed by atoms with Crippen LogP contribution in [0, 0.1) is 5.92 Å². The number of piperidine rings is 1. The summed E-state index contributed by atoms with van der Waals surface area (Å²) < 4.78 is 0. The van der Waals surface area contributed by atoms with E-state index in [1.165, 1.54) is 51.7 Å². The fourth-order valence-corrected chi connectivity index (χ4v) is 2.96. The number of rotatable bonds is 9. The number of carbonyl (C=O) groups excluding carboxylic acids is 1. The van der Waals surface area contributed by atoms with E-state index in [9.17, 15) is 4.79 Å². The summed E-state index contributed by atoms with van der Waals surface area (Å²) >= 11 is 0. The molecule has 1 saturated heterocycles. The van der Waals surface area contributed by atoms with Crippen LogP contribution in [0.25, 0.3) is 0 Å². The zero-order chi connectivity index (χ0) is 14.1. The van der Waals surface area contributed by atoms with Crippen LogP contribution in [-0.2, 0) is 4.79 Å². The van der Waals surface area contributed by atoms with Crippen LogP contribution in [0.2, 0.25) is 0 Å². The van der Waals surface area contributed by atoms with Crippen LogP contribution in [0.1, 0.15) is 46.0 Å². The SMILES string of the molecule is CCN(CC)CCCCC1CCN(CC(N)=O)CC1. The minimum Gasteiger partial charge on any atom is -0.369 e. The third kappa shape index (κ3) is 6.92. The zero-order valence-corrected chi connectivity index (χ0v) is 12.7. The first-order valence-corrected chi connectivity index (χ1v) is 7.88. The van der Waals surface area contributed by atoms with Gasteiger partial charge in [0.15, 0.2) is 0 Å². The number of carbonyl (C=O) groups is 1. The lowest BCUT2D eigenvalue weighted by atomic mass is 9.91. The summed E-state index contributed by atoms with van der Waals surface area (Å²) in [6.07, 6.45) is 6.49. The van der Waals surface area contributed by atoms with Crippen LogP contribution in [0.4, 0.5) is 0 Å². The van der Waals surface area contributed by atoms with Crippen molar-refractivity contribution >= 4 is 5.91 Å². The molecule has 1 rings (SSSR count). The molecule has 112 valence electrons. The minimum atomic E-state index is -0.197. The molecule has 0 radical (unpaired) electrons. The Morgan fingerprint density at radius 2 is 1.84 bits per heavy atom. The fraction of sp³-hybridized carbons (Fsp3) is 0.933. The average Bonchev–Trinajstić information content (AvgIpc) is 2.40. The summed E-state index contributed by atoms with van der Waals surface area (Å²) in [4.78, 5) is 15.5. The second-order valence-corrected chi connectivity index (χ2v) is 5.71. The summed E-state index contributed by atoms with van der Waals surface area (Å²) in [7, 11) is 0. The highest BCUT2D eigenvalue weighted by atomic mass is 16.1. The smallest absolute Gasteiger partial charge is 0.231 e. The standard InChI is InChI=1S/C15H31N3O/c1-3-17(4-2)10-6-5-7-14-8-11-18(12-9-14)13-15(16)19/h14H,3-13H2,1-2H3,(H2,16,19). The molecule has 0 saturated carbocycles. The Bertz CT molecular complexity index is 246. The third-order valence-electron chi connectivity index (χ3n) is 4.32. The van der Waals surface area contributed by atoms with Crippen LogP contribution in [0.5, 0.6) is 0 Å². The molecule has 1 heterocycles. The van der Waals surface area contributed by atoms with Gasteiger partial charge < -0.3 is 10.6 Å². The molecule has 1 aliphatic rings. The summed E-state index contributed by atoms with van der Waals surface area (Å²) in [5.41, 5.74) is 5.23. The van der Waals surface area contributed by atoms with E-state index in [1.807, 2.05) is 0 Å². The van der Waals surface area contributed by atoms with Gasteiger partial charge in [0, 0.05) is 0 Å². The van der Waals surface area contributed by atoms with E-state index in [4.69, 9.17) is 5.73 Å². The number of likely N-dealkylation sites (tertiary alicyclic amines) is 1. The predicted octanol–water partition coefficient (Wildman–Crippen LogP) is 1.70. The topological polar surface area (TPSA) is 49.6 Å². The number of amides is 1. The van der Waals surface area contributed by atoms with Crippen molar-refractivity contribution in [2.75, 3.05) is 39.3 Å². The zero-order valence-electron chi connectivity index (χ0n) is 12.7. The Morgan fingerprint density at radius 1 is 1.21 bits per heavy atom. The molecule has 0 spiro atoms. The molecule has 19 heavy (non-hydrogen) atoms. The largest absolute Gasteiger partial charge is 0.369 e. The first kappa shape index (κ1) is 16.4. The number of unbranched alkanes of at least 4 members (excludes halogenated alkanes) is 1. The Morgan fingerprint density at radius 3 is 2.37 bits per heavy atom. The molecule has 4 heteroatoms. The van der Waals surface area contributed by atoms with E-state index in [0.29, 0.717) is 6.54 Å². The maximum Gasteiger partial charge on any atom is 0.231 e. The van der Waals surface area contributed by atoms with Crippen LogP contribution in [0.3, 0.4) is 0 Å². The molecule has 0 atom stereocenters. The van der Waals surface area contributed by atoms with E-state index >= 15 is 0 Å². The lowest BCUT2D eigenvalue weighted by Crippen LogP contribution is -2.39. The summed E-state index contributed by atoms with van der Waals surface area (Å²) in [5.74, 6) is 0.665. The Balaban J connectivity index is 2.05. The van der Waals surface area contributed by atoms with E-state index < -0.39 is 0 Å². The molecule has 4 nitrogen and oxygen atoms in total. The molecule has 0 aromatic rings. The summed E-state index contributed by atoms with van der Waals surface area (Å²) in [6.45, 7) is 10.6. The summed E-state index contributed by atoms with van der Waals surface area (Å²) in [6, 6.07) is 0.